The fourth-order valence-corrected chi connectivity index (χ4v) is 3.95. The van der Waals surface area contributed by atoms with E-state index < -0.39 is 0 Å². The summed E-state index contributed by atoms with van der Waals surface area (Å²) in [5, 5.41) is 4.40. The molecule has 3 aromatic rings. The molecule has 33 heavy (non-hydrogen) atoms. The fourth-order valence-electron chi connectivity index (χ4n) is 3.72. The zero-order valence-corrected chi connectivity index (χ0v) is 19.3. The highest BCUT2D eigenvalue weighted by Crippen LogP contribution is 2.24. The lowest BCUT2D eigenvalue weighted by Gasteiger charge is -2.34. The summed E-state index contributed by atoms with van der Waals surface area (Å²) in [5.74, 6) is 1.40. The summed E-state index contributed by atoms with van der Waals surface area (Å²) in [6.45, 7) is 4.51. The first-order valence-corrected chi connectivity index (χ1v) is 11.0. The number of hydrogen-bond donors (Lipinski definition) is 0. The molecule has 0 unspecified atom stereocenters. The van der Waals surface area contributed by atoms with E-state index >= 15 is 0 Å². The number of hydrogen-bond acceptors (Lipinski definition) is 6. The molecule has 0 saturated carbocycles. The van der Waals surface area contributed by atoms with Crippen LogP contribution in [0.3, 0.4) is 0 Å². The number of piperazine rings is 1. The molecule has 0 spiro atoms. The second kappa shape index (κ2) is 10.2. The van der Waals surface area contributed by atoms with Crippen LogP contribution in [0.1, 0.15) is 27.4 Å². The Morgan fingerprint density at radius 1 is 1.09 bits per heavy atom. The number of carbonyl (C=O) groups is 1. The Hall–Kier alpha value is -3.10. The van der Waals surface area contributed by atoms with Crippen LogP contribution < -0.4 is 9.47 Å². The number of nitrogens with zero attached hydrogens (tertiary/aromatic N) is 3. The molecule has 1 aliphatic rings. The first-order chi connectivity index (χ1) is 16.0. The van der Waals surface area contributed by atoms with Crippen LogP contribution in [0, 0.1) is 12.7 Å². The molecule has 0 radical (unpaired) electrons. The summed E-state index contributed by atoms with van der Waals surface area (Å²) in [6.07, 6.45) is 0. The van der Waals surface area contributed by atoms with Gasteiger partial charge < -0.3 is 18.9 Å². The van der Waals surface area contributed by atoms with Gasteiger partial charge in [-0.25, -0.2) is 4.39 Å². The van der Waals surface area contributed by atoms with Gasteiger partial charge in [-0.05, 0) is 43.3 Å². The summed E-state index contributed by atoms with van der Waals surface area (Å²) < 4.78 is 30.4. The third-order valence-electron chi connectivity index (χ3n) is 5.73. The number of ether oxygens (including phenoxy) is 2. The van der Waals surface area contributed by atoms with Crippen molar-refractivity contribution in [3.63, 3.8) is 0 Å². The van der Waals surface area contributed by atoms with Gasteiger partial charge in [0.1, 0.15) is 29.7 Å². The molecule has 1 fully saturated rings. The predicted molar refractivity (Wildman–Crippen MR) is 121 cm³/mol. The van der Waals surface area contributed by atoms with E-state index in [4.69, 9.17) is 25.6 Å². The number of rotatable bonds is 7. The maximum atomic E-state index is 14.1. The topological polar surface area (TPSA) is 68.0 Å². The van der Waals surface area contributed by atoms with Crippen LogP contribution in [0.15, 0.2) is 47.0 Å². The lowest BCUT2D eigenvalue weighted by molar-refractivity contribution is 0.0615. The number of amides is 1. The molecule has 0 aliphatic carbocycles. The number of halogens is 2. The lowest BCUT2D eigenvalue weighted by atomic mass is 10.1. The van der Waals surface area contributed by atoms with E-state index in [9.17, 15) is 9.18 Å². The number of aryl methyl sites for hydroxylation is 1. The smallest absolute Gasteiger partial charge is 0.276 e. The number of benzene rings is 2. The predicted octanol–water partition coefficient (Wildman–Crippen LogP) is 4.32. The number of methoxy groups -OCH3 is 1. The Morgan fingerprint density at radius 3 is 2.45 bits per heavy atom. The molecule has 1 saturated heterocycles. The quantitative estimate of drug-likeness (QED) is 0.509. The van der Waals surface area contributed by atoms with E-state index in [1.807, 2.05) is 0 Å². The average Bonchev–Trinajstić information content (AvgIpc) is 3.20. The molecule has 174 valence electrons. The van der Waals surface area contributed by atoms with Crippen molar-refractivity contribution in [3.8, 4) is 11.5 Å². The van der Waals surface area contributed by atoms with Gasteiger partial charge in [-0.3, -0.25) is 9.69 Å². The third-order valence-corrected chi connectivity index (χ3v) is 6.09. The van der Waals surface area contributed by atoms with E-state index in [-0.39, 0.29) is 24.0 Å². The van der Waals surface area contributed by atoms with Gasteiger partial charge >= 0.3 is 0 Å². The van der Waals surface area contributed by atoms with Gasteiger partial charge in [-0.2, -0.15) is 0 Å². The fraction of sp³-hybridized carbons (Fsp3) is 0.333. The highest BCUT2D eigenvalue weighted by molar-refractivity contribution is 6.31. The molecule has 1 aromatic heterocycles. The molecule has 1 aliphatic heterocycles. The summed E-state index contributed by atoms with van der Waals surface area (Å²) in [5.41, 5.74) is 1.35. The Kier molecular flexibility index (Phi) is 7.15. The minimum atomic E-state index is -0.319. The van der Waals surface area contributed by atoms with Crippen LogP contribution in [-0.4, -0.2) is 54.2 Å². The van der Waals surface area contributed by atoms with E-state index in [2.05, 4.69) is 10.1 Å². The van der Waals surface area contributed by atoms with Crippen molar-refractivity contribution in [2.45, 2.75) is 20.1 Å². The van der Waals surface area contributed by atoms with Crippen LogP contribution in [0.2, 0.25) is 5.02 Å². The first-order valence-electron chi connectivity index (χ1n) is 10.6. The molecular formula is C24H25ClFN3O4. The summed E-state index contributed by atoms with van der Waals surface area (Å²) in [4.78, 5) is 16.9. The van der Waals surface area contributed by atoms with Gasteiger partial charge in [-0.15, -0.1) is 0 Å². The molecule has 7 nitrogen and oxygen atoms in total. The maximum Gasteiger partial charge on any atom is 0.276 e. The number of carbonyl (C=O) groups excluding carboxylic acids is 1. The van der Waals surface area contributed by atoms with E-state index in [1.165, 1.54) is 6.07 Å². The van der Waals surface area contributed by atoms with Gasteiger partial charge in [0, 0.05) is 43.3 Å². The van der Waals surface area contributed by atoms with Crippen molar-refractivity contribution >= 4 is 17.5 Å². The molecule has 2 aromatic carbocycles. The van der Waals surface area contributed by atoms with Gasteiger partial charge in [0.15, 0.2) is 5.69 Å². The van der Waals surface area contributed by atoms with Crippen LogP contribution in [0.25, 0.3) is 0 Å². The Morgan fingerprint density at radius 2 is 1.79 bits per heavy atom. The second-order valence-corrected chi connectivity index (χ2v) is 8.21. The first kappa shape index (κ1) is 23.1. The third kappa shape index (κ3) is 5.29. The Bertz CT molecular complexity index is 1090. The summed E-state index contributed by atoms with van der Waals surface area (Å²) in [6, 6.07) is 11.9. The second-order valence-electron chi connectivity index (χ2n) is 7.80. The highest BCUT2D eigenvalue weighted by Gasteiger charge is 2.28. The molecular weight excluding hydrogens is 449 g/mol. The average molecular weight is 474 g/mol. The maximum absolute atomic E-state index is 14.1. The normalized spacial score (nSPS) is 14.4. The zero-order valence-electron chi connectivity index (χ0n) is 18.5. The summed E-state index contributed by atoms with van der Waals surface area (Å²) >= 11 is 6.15. The van der Waals surface area contributed by atoms with Crippen molar-refractivity contribution < 1.29 is 23.2 Å². The van der Waals surface area contributed by atoms with Gasteiger partial charge in [-0.1, -0.05) is 22.8 Å². The molecule has 1 amide bonds. The van der Waals surface area contributed by atoms with Crippen LogP contribution in [0.4, 0.5) is 4.39 Å². The van der Waals surface area contributed by atoms with Crippen molar-refractivity contribution in [1.82, 2.24) is 15.0 Å². The number of aromatic nitrogens is 1. The molecule has 2 heterocycles. The lowest BCUT2D eigenvalue weighted by Crippen LogP contribution is -2.48. The van der Waals surface area contributed by atoms with Crippen molar-refractivity contribution in [1.29, 1.82) is 0 Å². The van der Waals surface area contributed by atoms with E-state index in [1.54, 1.807) is 55.3 Å². The van der Waals surface area contributed by atoms with E-state index in [0.717, 1.165) is 5.75 Å². The summed E-state index contributed by atoms with van der Waals surface area (Å²) in [7, 11) is 1.60. The molecule has 9 heteroatoms. The van der Waals surface area contributed by atoms with Crippen LogP contribution >= 0.6 is 11.6 Å². The van der Waals surface area contributed by atoms with Gasteiger partial charge in [0.2, 0.25) is 0 Å². The van der Waals surface area contributed by atoms with Crippen molar-refractivity contribution in [2.24, 2.45) is 0 Å². The Balaban J connectivity index is 1.37. The standard InChI is InChI=1S/C24H25ClFN3O4/c1-16-20(15-32-18-8-6-17(31-2)7-9-18)23(27-33-16)24(30)29-12-10-28(11-13-29)14-19-21(25)4-3-5-22(19)26/h3-9H,10-15H2,1-2H3. The van der Waals surface area contributed by atoms with Gasteiger partial charge in [0.25, 0.3) is 5.91 Å². The zero-order chi connectivity index (χ0) is 23.4. The van der Waals surface area contributed by atoms with Crippen molar-refractivity contribution in [3.05, 3.63) is 75.9 Å². The minimum absolute atomic E-state index is 0.161. The van der Waals surface area contributed by atoms with Crippen molar-refractivity contribution in [2.75, 3.05) is 33.3 Å². The highest BCUT2D eigenvalue weighted by atomic mass is 35.5. The minimum Gasteiger partial charge on any atom is -0.497 e. The Labute approximate surface area is 196 Å². The molecule has 0 N–H and O–H groups in total. The van der Waals surface area contributed by atoms with Crippen LogP contribution in [-0.2, 0) is 13.2 Å². The largest absolute Gasteiger partial charge is 0.497 e. The monoisotopic (exact) mass is 473 g/mol. The van der Waals surface area contributed by atoms with E-state index in [0.29, 0.717) is 60.4 Å². The SMILES string of the molecule is COc1ccc(OCc2c(C(=O)N3CCN(Cc4c(F)cccc4Cl)CC3)noc2C)cc1. The van der Waals surface area contributed by atoms with Gasteiger partial charge in [0.05, 0.1) is 12.7 Å². The molecule has 0 atom stereocenters. The van der Waals surface area contributed by atoms with Crippen LogP contribution in [0.5, 0.6) is 11.5 Å². The molecule has 4 rings (SSSR count). The molecule has 0 bridgehead atoms.